The van der Waals surface area contributed by atoms with Crippen LogP contribution in [0.4, 0.5) is 4.79 Å². The van der Waals surface area contributed by atoms with Gasteiger partial charge in [-0.15, -0.1) is 0 Å². The summed E-state index contributed by atoms with van der Waals surface area (Å²) >= 11 is 0. The van der Waals surface area contributed by atoms with Gasteiger partial charge in [0.05, 0.1) is 0 Å². The number of benzene rings is 1. The van der Waals surface area contributed by atoms with Crippen LogP contribution in [-0.2, 0) is 4.74 Å². The summed E-state index contributed by atoms with van der Waals surface area (Å²) in [5.41, 5.74) is 6.18. The Hall–Kier alpha value is -1.55. The van der Waals surface area contributed by atoms with E-state index in [0.717, 1.165) is 6.42 Å². The SMILES string of the molecule is CCCCC(NCCOC(N)=O)c1ccccc1. The van der Waals surface area contributed by atoms with E-state index in [1.54, 1.807) is 0 Å². The van der Waals surface area contributed by atoms with E-state index in [1.165, 1.54) is 18.4 Å². The van der Waals surface area contributed by atoms with Crippen LogP contribution in [0.1, 0.15) is 37.8 Å². The van der Waals surface area contributed by atoms with Crippen LogP contribution in [0.2, 0.25) is 0 Å². The molecule has 0 bridgehead atoms. The first-order chi connectivity index (χ1) is 8.74. The Morgan fingerprint density at radius 1 is 1.39 bits per heavy atom. The van der Waals surface area contributed by atoms with Crippen molar-refractivity contribution in [2.75, 3.05) is 13.2 Å². The molecule has 0 fully saturated rings. The first-order valence-corrected chi connectivity index (χ1v) is 6.44. The Morgan fingerprint density at radius 3 is 2.72 bits per heavy atom. The van der Waals surface area contributed by atoms with Crippen molar-refractivity contribution in [1.82, 2.24) is 5.32 Å². The van der Waals surface area contributed by atoms with E-state index in [-0.39, 0.29) is 0 Å². The third kappa shape index (κ3) is 5.68. The number of carbonyl (C=O) groups excluding carboxylic acids is 1. The highest BCUT2D eigenvalue weighted by atomic mass is 16.5. The maximum absolute atomic E-state index is 10.5. The van der Waals surface area contributed by atoms with Crippen LogP contribution >= 0.6 is 0 Å². The van der Waals surface area contributed by atoms with Gasteiger partial charge in [-0.05, 0) is 12.0 Å². The van der Waals surface area contributed by atoms with Gasteiger partial charge in [-0.2, -0.15) is 0 Å². The van der Waals surface area contributed by atoms with E-state index in [1.807, 2.05) is 18.2 Å². The summed E-state index contributed by atoms with van der Waals surface area (Å²) in [6.45, 7) is 3.11. The molecule has 100 valence electrons. The fourth-order valence-electron chi connectivity index (χ4n) is 1.86. The predicted molar refractivity (Wildman–Crippen MR) is 72.2 cm³/mol. The van der Waals surface area contributed by atoms with E-state index < -0.39 is 6.09 Å². The topological polar surface area (TPSA) is 64.3 Å². The molecule has 1 aromatic carbocycles. The summed E-state index contributed by atoms with van der Waals surface area (Å²) < 4.78 is 4.71. The van der Waals surface area contributed by atoms with Crippen molar-refractivity contribution < 1.29 is 9.53 Å². The summed E-state index contributed by atoms with van der Waals surface area (Å²) in [7, 11) is 0. The van der Waals surface area contributed by atoms with E-state index in [0.29, 0.717) is 19.2 Å². The lowest BCUT2D eigenvalue weighted by Gasteiger charge is -2.18. The average Bonchev–Trinajstić information content (AvgIpc) is 2.38. The van der Waals surface area contributed by atoms with Gasteiger partial charge in [0, 0.05) is 12.6 Å². The lowest BCUT2D eigenvalue weighted by Crippen LogP contribution is -2.27. The minimum absolute atomic E-state index is 0.308. The highest BCUT2D eigenvalue weighted by Gasteiger charge is 2.09. The third-order valence-electron chi connectivity index (χ3n) is 2.79. The Kier molecular flexibility index (Phi) is 6.87. The molecule has 3 N–H and O–H groups in total. The molecule has 0 radical (unpaired) electrons. The van der Waals surface area contributed by atoms with E-state index in [2.05, 4.69) is 24.4 Å². The molecular weight excluding hydrogens is 228 g/mol. The van der Waals surface area contributed by atoms with Gasteiger partial charge < -0.3 is 15.8 Å². The zero-order valence-electron chi connectivity index (χ0n) is 10.9. The zero-order valence-corrected chi connectivity index (χ0v) is 10.9. The van der Waals surface area contributed by atoms with Crippen molar-refractivity contribution in [3.63, 3.8) is 0 Å². The van der Waals surface area contributed by atoms with Gasteiger partial charge in [0.25, 0.3) is 0 Å². The predicted octanol–water partition coefficient (Wildman–Crippen LogP) is 2.60. The van der Waals surface area contributed by atoms with Crippen molar-refractivity contribution in [2.24, 2.45) is 5.73 Å². The summed E-state index contributed by atoms with van der Waals surface area (Å²) in [5.74, 6) is 0. The zero-order chi connectivity index (χ0) is 13.2. The number of nitrogens with two attached hydrogens (primary N) is 1. The number of primary amides is 1. The second-order valence-corrected chi connectivity index (χ2v) is 4.23. The number of hydrogen-bond donors (Lipinski definition) is 2. The molecule has 0 saturated heterocycles. The second-order valence-electron chi connectivity index (χ2n) is 4.23. The van der Waals surface area contributed by atoms with Crippen LogP contribution in [0.15, 0.2) is 30.3 Å². The lowest BCUT2D eigenvalue weighted by molar-refractivity contribution is 0.156. The first kappa shape index (κ1) is 14.5. The summed E-state index contributed by atoms with van der Waals surface area (Å²) in [4.78, 5) is 10.5. The number of unbranched alkanes of at least 4 members (excludes halogenated alkanes) is 1. The summed E-state index contributed by atoms with van der Waals surface area (Å²) in [6.07, 6.45) is 2.70. The minimum Gasteiger partial charge on any atom is -0.448 e. The Balaban J connectivity index is 2.43. The minimum atomic E-state index is -0.721. The number of rotatable bonds is 8. The number of carbonyl (C=O) groups is 1. The van der Waals surface area contributed by atoms with Crippen LogP contribution in [-0.4, -0.2) is 19.2 Å². The number of hydrogen-bond acceptors (Lipinski definition) is 3. The highest BCUT2D eigenvalue weighted by molar-refractivity contribution is 5.64. The van der Waals surface area contributed by atoms with Crippen molar-refractivity contribution in [1.29, 1.82) is 0 Å². The molecule has 4 heteroatoms. The van der Waals surface area contributed by atoms with Crippen LogP contribution in [0, 0.1) is 0 Å². The van der Waals surface area contributed by atoms with Crippen LogP contribution in [0.25, 0.3) is 0 Å². The molecule has 0 aromatic heterocycles. The van der Waals surface area contributed by atoms with Crippen LogP contribution in [0.5, 0.6) is 0 Å². The molecule has 1 atom stereocenters. The molecule has 1 unspecified atom stereocenters. The smallest absolute Gasteiger partial charge is 0.404 e. The maximum atomic E-state index is 10.5. The quantitative estimate of drug-likeness (QED) is 0.697. The highest BCUT2D eigenvalue weighted by Crippen LogP contribution is 2.18. The molecule has 1 amide bonds. The maximum Gasteiger partial charge on any atom is 0.404 e. The fourth-order valence-corrected chi connectivity index (χ4v) is 1.86. The van der Waals surface area contributed by atoms with Gasteiger partial charge in [0.15, 0.2) is 0 Å². The number of amides is 1. The van der Waals surface area contributed by atoms with Gasteiger partial charge >= 0.3 is 6.09 Å². The molecular formula is C14H22N2O2. The van der Waals surface area contributed by atoms with Crippen molar-refractivity contribution in [3.05, 3.63) is 35.9 Å². The molecule has 1 aromatic rings. The molecule has 0 spiro atoms. The molecule has 4 nitrogen and oxygen atoms in total. The Morgan fingerprint density at radius 2 is 2.11 bits per heavy atom. The summed E-state index contributed by atoms with van der Waals surface area (Å²) in [6, 6.07) is 10.6. The fraction of sp³-hybridized carbons (Fsp3) is 0.500. The van der Waals surface area contributed by atoms with Crippen molar-refractivity contribution in [2.45, 2.75) is 32.2 Å². The van der Waals surface area contributed by atoms with E-state index in [9.17, 15) is 4.79 Å². The molecule has 18 heavy (non-hydrogen) atoms. The monoisotopic (exact) mass is 250 g/mol. The van der Waals surface area contributed by atoms with Crippen molar-refractivity contribution >= 4 is 6.09 Å². The molecule has 0 heterocycles. The van der Waals surface area contributed by atoms with Crippen LogP contribution < -0.4 is 11.1 Å². The standard InChI is InChI=1S/C14H22N2O2/c1-2-3-9-13(12-7-5-4-6-8-12)16-10-11-18-14(15)17/h4-8,13,16H,2-3,9-11H2,1H3,(H2,15,17). The lowest BCUT2D eigenvalue weighted by atomic mass is 10.0. The second kappa shape index (κ2) is 8.53. The normalized spacial score (nSPS) is 12.1. The van der Waals surface area contributed by atoms with Gasteiger partial charge in [-0.3, -0.25) is 0 Å². The Labute approximate surface area is 109 Å². The first-order valence-electron chi connectivity index (χ1n) is 6.44. The largest absolute Gasteiger partial charge is 0.448 e. The molecule has 0 aliphatic carbocycles. The molecule has 0 saturated carbocycles. The third-order valence-corrected chi connectivity index (χ3v) is 2.79. The summed E-state index contributed by atoms with van der Waals surface area (Å²) in [5, 5.41) is 3.39. The van der Waals surface area contributed by atoms with Gasteiger partial charge in [-0.1, -0.05) is 50.1 Å². The molecule has 0 aliphatic heterocycles. The van der Waals surface area contributed by atoms with Crippen LogP contribution in [0.3, 0.4) is 0 Å². The van der Waals surface area contributed by atoms with Crippen molar-refractivity contribution in [3.8, 4) is 0 Å². The average molecular weight is 250 g/mol. The molecule has 0 aliphatic rings. The number of ether oxygens (including phenoxy) is 1. The van der Waals surface area contributed by atoms with E-state index in [4.69, 9.17) is 10.5 Å². The van der Waals surface area contributed by atoms with Gasteiger partial charge in [0.1, 0.15) is 6.61 Å². The van der Waals surface area contributed by atoms with Gasteiger partial charge in [0.2, 0.25) is 0 Å². The molecule has 1 rings (SSSR count). The van der Waals surface area contributed by atoms with E-state index >= 15 is 0 Å². The number of nitrogens with one attached hydrogen (secondary N) is 1. The van der Waals surface area contributed by atoms with Gasteiger partial charge in [-0.25, -0.2) is 4.79 Å². The Bertz CT molecular complexity index is 341.